The van der Waals surface area contributed by atoms with Gasteiger partial charge >= 0.3 is 6.18 Å². The van der Waals surface area contributed by atoms with E-state index in [1.54, 1.807) is 0 Å². The summed E-state index contributed by atoms with van der Waals surface area (Å²) in [5.41, 5.74) is -0.0523. The molecule has 0 spiro atoms. The lowest BCUT2D eigenvalue weighted by Crippen LogP contribution is -2.35. The Morgan fingerprint density at radius 3 is 2.21 bits per heavy atom. The molecule has 1 aromatic carbocycles. The lowest BCUT2D eigenvalue weighted by atomic mass is 10.3. The summed E-state index contributed by atoms with van der Waals surface area (Å²) in [7, 11) is 0. The maximum absolute atomic E-state index is 12.9. The van der Waals surface area contributed by atoms with Crippen LogP contribution < -0.4 is 10.6 Å². The normalized spacial score (nSPS) is 11.5. The average molecular weight is 319 g/mol. The molecule has 0 aromatic heterocycles. The third kappa shape index (κ3) is 5.63. The van der Waals surface area contributed by atoms with Crippen LogP contribution in [0.4, 0.5) is 23.2 Å². The highest BCUT2D eigenvalue weighted by Gasteiger charge is 2.26. The van der Waals surface area contributed by atoms with Gasteiger partial charge in [0.25, 0.3) is 0 Å². The molecule has 0 aliphatic heterocycles. The highest BCUT2D eigenvalue weighted by Crippen LogP contribution is 2.31. The van der Waals surface area contributed by atoms with Crippen LogP contribution in [-0.4, -0.2) is 25.2 Å². The molecule has 106 valence electrons. The number of carbonyl (C=O) groups excluding carboxylic acids is 1. The third-order valence-corrected chi connectivity index (χ3v) is 2.48. The summed E-state index contributed by atoms with van der Waals surface area (Å²) in [6.07, 6.45) is -4.41. The molecule has 19 heavy (non-hydrogen) atoms. The Balaban J connectivity index is 2.58. The van der Waals surface area contributed by atoms with Crippen molar-refractivity contribution < 1.29 is 22.4 Å². The molecule has 0 atom stereocenters. The first-order valence-corrected chi connectivity index (χ1v) is 5.66. The maximum Gasteiger partial charge on any atom is 0.401 e. The molecule has 1 rings (SSSR count). The van der Waals surface area contributed by atoms with Crippen LogP contribution in [0.1, 0.15) is 0 Å². The van der Waals surface area contributed by atoms with E-state index in [9.17, 15) is 22.4 Å². The molecular weight excluding hydrogens is 311 g/mol. The summed E-state index contributed by atoms with van der Waals surface area (Å²) in [5, 5.41) is 3.80. The van der Waals surface area contributed by atoms with Gasteiger partial charge in [-0.2, -0.15) is 13.2 Å². The molecule has 0 aliphatic rings. The van der Waals surface area contributed by atoms with Crippen molar-refractivity contribution in [2.75, 3.05) is 18.4 Å². The Hall–Kier alpha value is -1.05. The van der Waals surface area contributed by atoms with Crippen LogP contribution >= 0.6 is 23.2 Å². The highest BCUT2D eigenvalue weighted by atomic mass is 35.5. The zero-order valence-corrected chi connectivity index (χ0v) is 10.8. The standard InChI is InChI=1S/C10H8Cl2F4N2O/c11-6-1-5(13)2-7(12)9(6)18-8(19)3-17-4-10(14,15)16/h1-2,17H,3-4H2,(H,18,19). The average Bonchev–Trinajstić information content (AvgIpc) is 2.21. The van der Waals surface area contributed by atoms with Crippen LogP contribution in [0.2, 0.25) is 10.0 Å². The van der Waals surface area contributed by atoms with Crippen LogP contribution in [-0.2, 0) is 4.79 Å². The number of hydrogen-bond donors (Lipinski definition) is 2. The van der Waals surface area contributed by atoms with Gasteiger partial charge in [0.2, 0.25) is 5.91 Å². The number of hydrogen-bond acceptors (Lipinski definition) is 2. The first-order valence-electron chi connectivity index (χ1n) is 4.91. The van der Waals surface area contributed by atoms with Gasteiger partial charge in [0.1, 0.15) is 5.82 Å². The molecule has 1 amide bonds. The SMILES string of the molecule is O=C(CNCC(F)(F)F)Nc1c(Cl)cc(F)cc1Cl. The summed E-state index contributed by atoms with van der Waals surface area (Å²) < 4.78 is 48.3. The van der Waals surface area contributed by atoms with E-state index in [2.05, 4.69) is 5.32 Å². The second-order valence-corrected chi connectivity index (χ2v) is 4.33. The second-order valence-electron chi connectivity index (χ2n) is 3.51. The fraction of sp³-hybridized carbons (Fsp3) is 0.300. The summed E-state index contributed by atoms with van der Waals surface area (Å²) in [6.45, 7) is -1.88. The van der Waals surface area contributed by atoms with Gasteiger partial charge in [-0.25, -0.2) is 4.39 Å². The van der Waals surface area contributed by atoms with Crippen LogP contribution in [0, 0.1) is 5.82 Å². The van der Waals surface area contributed by atoms with Crippen molar-refractivity contribution in [3.63, 3.8) is 0 Å². The van der Waals surface area contributed by atoms with Gasteiger partial charge in [-0.3, -0.25) is 4.79 Å². The molecule has 0 fully saturated rings. The second kappa shape index (κ2) is 6.40. The van der Waals surface area contributed by atoms with E-state index in [0.717, 1.165) is 12.1 Å². The zero-order valence-electron chi connectivity index (χ0n) is 9.24. The van der Waals surface area contributed by atoms with Gasteiger partial charge in [0.15, 0.2) is 0 Å². The van der Waals surface area contributed by atoms with E-state index in [4.69, 9.17) is 23.2 Å². The number of rotatable bonds is 4. The fourth-order valence-electron chi connectivity index (χ4n) is 1.16. The van der Waals surface area contributed by atoms with Crippen LogP contribution in [0.5, 0.6) is 0 Å². The number of halogens is 6. The van der Waals surface area contributed by atoms with Crippen molar-refractivity contribution in [2.45, 2.75) is 6.18 Å². The molecule has 0 saturated carbocycles. The van der Waals surface area contributed by atoms with Gasteiger partial charge in [-0.1, -0.05) is 23.2 Å². The van der Waals surface area contributed by atoms with E-state index >= 15 is 0 Å². The minimum atomic E-state index is -4.41. The summed E-state index contributed by atoms with van der Waals surface area (Å²) >= 11 is 11.3. The lowest BCUT2D eigenvalue weighted by molar-refractivity contribution is -0.126. The fourth-order valence-corrected chi connectivity index (χ4v) is 1.72. The van der Waals surface area contributed by atoms with Gasteiger partial charge in [0, 0.05) is 0 Å². The van der Waals surface area contributed by atoms with Gasteiger partial charge in [-0.15, -0.1) is 0 Å². The maximum atomic E-state index is 12.9. The third-order valence-electron chi connectivity index (χ3n) is 1.88. The van der Waals surface area contributed by atoms with Gasteiger partial charge in [0.05, 0.1) is 28.8 Å². The van der Waals surface area contributed by atoms with Crippen molar-refractivity contribution in [3.05, 3.63) is 28.0 Å². The minimum Gasteiger partial charge on any atom is -0.322 e. The quantitative estimate of drug-likeness (QED) is 0.837. The first-order chi connectivity index (χ1) is 8.69. The Labute approximate surface area is 115 Å². The van der Waals surface area contributed by atoms with Crippen LogP contribution in [0.3, 0.4) is 0 Å². The number of nitrogens with one attached hydrogen (secondary N) is 2. The largest absolute Gasteiger partial charge is 0.401 e. The minimum absolute atomic E-state index is 0.0523. The monoisotopic (exact) mass is 318 g/mol. The summed E-state index contributed by atoms with van der Waals surface area (Å²) in [6, 6.07) is 1.85. The first kappa shape index (κ1) is 16.0. The van der Waals surface area contributed by atoms with Crippen molar-refractivity contribution in [3.8, 4) is 0 Å². The van der Waals surface area contributed by atoms with E-state index in [-0.39, 0.29) is 15.7 Å². The Morgan fingerprint density at radius 1 is 1.21 bits per heavy atom. The molecule has 0 bridgehead atoms. The van der Waals surface area contributed by atoms with Crippen molar-refractivity contribution in [2.24, 2.45) is 0 Å². The smallest absolute Gasteiger partial charge is 0.322 e. The molecule has 1 aromatic rings. The number of carbonyl (C=O) groups is 1. The molecule has 0 radical (unpaired) electrons. The van der Waals surface area contributed by atoms with Gasteiger partial charge < -0.3 is 10.6 Å². The molecule has 9 heteroatoms. The number of alkyl halides is 3. The highest BCUT2D eigenvalue weighted by molar-refractivity contribution is 6.39. The summed E-state index contributed by atoms with van der Waals surface area (Å²) in [5.74, 6) is -1.47. The predicted molar refractivity (Wildman–Crippen MR) is 64.0 cm³/mol. The van der Waals surface area contributed by atoms with E-state index < -0.39 is 31.0 Å². The number of benzene rings is 1. The Bertz CT molecular complexity index is 456. The van der Waals surface area contributed by atoms with Crippen molar-refractivity contribution in [1.82, 2.24) is 5.32 Å². The molecule has 0 aliphatic carbocycles. The number of amides is 1. The Morgan fingerprint density at radius 2 is 1.74 bits per heavy atom. The lowest BCUT2D eigenvalue weighted by Gasteiger charge is -2.11. The van der Waals surface area contributed by atoms with E-state index in [1.165, 1.54) is 0 Å². The van der Waals surface area contributed by atoms with Gasteiger partial charge in [-0.05, 0) is 12.1 Å². The molecule has 3 nitrogen and oxygen atoms in total. The van der Waals surface area contributed by atoms with Crippen molar-refractivity contribution >= 4 is 34.8 Å². The van der Waals surface area contributed by atoms with Crippen LogP contribution in [0.25, 0.3) is 0 Å². The van der Waals surface area contributed by atoms with Crippen LogP contribution in [0.15, 0.2) is 12.1 Å². The topological polar surface area (TPSA) is 41.1 Å². The van der Waals surface area contributed by atoms with Crippen molar-refractivity contribution in [1.29, 1.82) is 0 Å². The molecule has 0 heterocycles. The predicted octanol–water partition coefficient (Wildman–Crippen LogP) is 3.22. The summed E-state index contributed by atoms with van der Waals surface area (Å²) in [4.78, 5) is 11.3. The van der Waals surface area contributed by atoms with E-state index in [0.29, 0.717) is 0 Å². The zero-order chi connectivity index (χ0) is 14.6. The number of anilines is 1. The van der Waals surface area contributed by atoms with E-state index in [1.807, 2.05) is 5.32 Å². The Kier molecular flexibility index (Phi) is 5.39. The molecule has 2 N–H and O–H groups in total. The molecular formula is C10H8Cl2F4N2O. The molecule has 0 unspecified atom stereocenters. The molecule has 0 saturated heterocycles.